The zero-order chi connectivity index (χ0) is 26.7. The highest BCUT2D eigenvalue weighted by Gasteiger charge is 2.26. The van der Waals surface area contributed by atoms with E-state index >= 15 is 0 Å². The van der Waals surface area contributed by atoms with Crippen molar-refractivity contribution in [1.82, 2.24) is 14.7 Å². The third-order valence-electron chi connectivity index (χ3n) is 5.79. The summed E-state index contributed by atoms with van der Waals surface area (Å²) in [6.45, 7) is 5.57. The fourth-order valence-corrected chi connectivity index (χ4v) is 3.94. The van der Waals surface area contributed by atoms with Crippen LogP contribution in [0.25, 0.3) is 16.9 Å². The molecule has 6 nitrogen and oxygen atoms in total. The van der Waals surface area contributed by atoms with Gasteiger partial charge in [-0.05, 0) is 50.1 Å². The van der Waals surface area contributed by atoms with E-state index in [1.54, 1.807) is 41.9 Å². The van der Waals surface area contributed by atoms with E-state index in [0.29, 0.717) is 34.7 Å². The Bertz CT molecular complexity index is 1450. The second-order valence-corrected chi connectivity index (χ2v) is 8.62. The number of fused-ring (bicyclic) bond motifs is 1. The number of carbonyl (C=O) groups excluding carboxylic acids is 1. The average Bonchev–Trinajstić information content (AvgIpc) is 3.25. The molecule has 0 aliphatic carbocycles. The molecular weight excluding hydrogens is 488 g/mol. The standard InChI is InChI=1S/C27H26F4N4O2/c1-4-32-26(36)21-8-6-18(11-17(21)3)23-14-34-25-22(33-10-9-27(29,30)31)13-20(15-35(23)25)37-24-12-19(28)7-5-16(24)2/h5-8,11-15,33H,4,9-10H2,1-3H3,(H,32,36). The van der Waals surface area contributed by atoms with E-state index in [1.807, 2.05) is 19.9 Å². The fraction of sp³-hybridized carbons (Fsp3) is 0.259. The van der Waals surface area contributed by atoms with E-state index in [-0.39, 0.29) is 24.0 Å². The number of aryl methyl sites for hydroxylation is 2. The Morgan fingerprint density at radius 3 is 2.57 bits per heavy atom. The number of halogens is 4. The van der Waals surface area contributed by atoms with Gasteiger partial charge in [0.25, 0.3) is 5.91 Å². The molecule has 0 unspecified atom stereocenters. The normalized spacial score (nSPS) is 11.5. The number of imidazole rings is 1. The number of benzene rings is 2. The third kappa shape index (κ3) is 6.02. The van der Waals surface area contributed by atoms with Crippen molar-refractivity contribution in [3.05, 3.63) is 77.4 Å². The van der Waals surface area contributed by atoms with Crippen molar-refractivity contribution in [2.45, 2.75) is 33.4 Å². The second kappa shape index (κ2) is 10.5. The lowest BCUT2D eigenvalue weighted by Crippen LogP contribution is -2.23. The molecule has 0 saturated carbocycles. The number of carbonyl (C=O) groups is 1. The van der Waals surface area contributed by atoms with Gasteiger partial charge in [0.1, 0.15) is 17.3 Å². The van der Waals surface area contributed by atoms with Crippen molar-refractivity contribution in [3.63, 3.8) is 0 Å². The molecule has 2 N–H and O–H groups in total. The minimum absolute atomic E-state index is 0.179. The van der Waals surface area contributed by atoms with Gasteiger partial charge in [0.2, 0.25) is 0 Å². The zero-order valence-corrected chi connectivity index (χ0v) is 20.5. The monoisotopic (exact) mass is 514 g/mol. The van der Waals surface area contributed by atoms with Crippen LogP contribution in [0.15, 0.2) is 54.9 Å². The van der Waals surface area contributed by atoms with Crippen molar-refractivity contribution in [1.29, 1.82) is 0 Å². The number of pyridine rings is 1. The number of alkyl halides is 3. The number of nitrogens with zero attached hydrogens (tertiary/aromatic N) is 2. The molecule has 0 bridgehead atoms. The Balaban J connectivity index is 1.77. The van der Waals surface area contributed by atoms with Gasteiger partial charge in [-0.2, -0.15) is 13.2 Å². The Morgan fingerprint density at radius 2 is 1.86 bits per heavy atom. The highest BCUT2D eigenvalue weighted by molar-refractivity contribution is 5.96. The molecule has 37 heavy (non-hydrogen) atoms. The molecular formula is C27H26F4N4O2. The summed E-state index contributed by atoms with van der Waals surface area (Å²) in [5, 5.41) is 5.58. The highest BCUT2D eigenvalue weighted by Crippen LogP contribution is 2.33. The quantitative estimate of drug-likeness (QED) is 0.258. The number of hydrogen-bond donors (Lipinski definition) is 2. The molecule has 2 heterocycles. The molecule has 0 aliphatic rings. The predicted octanol–water partition coefficient (Wildman–Crippen LogP) is 6.66. The van der Waals surface area contributed by atoms with Gasteiger partial charge in [-0.1, -0.05) is 12.1 Å². The maximum absolute atomic E-state index is 13.8. The maximum Gasteiger partial charge on any atom is 0.390 e. The first-order valence-corrected chi connectivity index (χ1v) is 11.7. The van der Waals surface area contributed by atoms with Gasteiger partial charge in [-0.15, -0.1) is 0 Å². The number of rotatable bonds is 8. The molecule has 0 radical (unpaired) electrons. The smallest absolute Gasteiger partial charge is 0.390 e. The van der Waals surface area contributed by atoms with E-state index in [9.17, 15) is 22.4 Å². The first-order valence-electron chi connectivity index (χ1n) is 11.7. The van der Waals surface area contributed by atoms with Crippen LogP contribution in [0, 0.1) is 19.7 Å². The number of aromatic nitrogens is 2. The van der Waals surface area contributed by atoms with Gasteiger partial charge in [0, 0.05) is 36.3 Å². The Hall–Kier alpha value is -4.08. The molecule has 4 rings (SSSR count). The van der Waals surface area contributed by atoms with Crippen molar-refractivity contribution < 1.29 is 27.1 Å². The Labute approximate surface area is 211 Å². The van der Waals surface area contributed by atoms with Gasteiger partial charge in [0.05, 0.1) is 30.2 Å². The van der Waals surface area contributed by atoms with Crippen LogP contribution < -0.4 is 15.4 Å². The summed E-state index contributed by atoms with van der Waals surface area (Å²) < 4.78 is 59.8. The summed E-state index contributed by atoms with van der Waals surface area (Å²) in [4.78, 5) is 16.7. The molecule has 0 saturated heterocycles. The van der Waals surface area contributed by atoms with E-state index < -0.39 is 18.4 Å². The zero-order valence-electron chi connectivity index (χ0n) is 20.5. The van der Waals surface area contributed by atoms with Gasteiger partial charge in [-0.3, -0.25) is 9.20 Å². The van der Waals surface area contributed by atoms with E-state index in [2.05, 4.69) is 15.6 Å². The summed E-state index contributed by atoms with van der Waals surface area (Å²) in [6.07, 6.45) is -2.10. The SMILES string of the molecule is CCNC(=O)c1ccc(-c2cnc3c(NCCC(F)(F)F)cc(Oc4cc(F)ccc4C)cn23)cc1C. The van der Waals surface area contributed by atoms with Gasteiger partial charge >= 0.3 is 6.18 Å². The second-order valence-electron chi connectivity index (χ2n) is 8.62. The topological polar surface area (TPSA) is 67.7 Å². The van der Waals surface area contributed by atoms with Crippen LogP contribution in [0.5, 0.6) is 11.5 Å². The van der Waals surface area contributed by atoms with Crippen molar-refractivity contribution in [2.24, 2.45) is 0 Å². The lowest BCUT2D eigenvalue weighted by Gasteiger charge is -2.15. The molecule has 4 aromatic rings. The number of anilines is 1. The van der Waals surface area contributed by atoms with E-state index in [0.717, 1.165) is 11.1 Å². The molecule has 0 aliphatic heterocycles. The minimum Gasteiger partial charge on any atom is -0.455 e. The lowest BCUT2D eigenvalue weighted by molar-refractivity contribution is -0.131. The van der Waals surface area contributed by atoms with Crippen LogP contribution in [-0.4, -0.2) is 34.6 Å². The molecule has 2 aromatic carbocycles. The van der Waals surface area contributed by atoms with Crippen LogP contribution in [0.4, 0.5) is 23.2 Å². The minimum atomic E-state index is -4.32. The maximum atomic E-state index is 13.8. The first-order chi connectivity index (χ1) is 17.6. The van der Waals surface area contributed by atoms with E-state index in [1.165, 1.54) is 18.2 Å². The average molecular weight is 515 g/mol. The van der Waals surface area contributed by atoms with E-state index in [4.69, 9.17) is 4.74 Å². The van der Waals surface area contributed by atoms with Crippen molar-refractivity contribution in [3.8, 4) is 22.8 Å². The molecule has 0 spiro atoms. The molecule has 1 amide bonds. The number of ether oxygens (including phenoxy) is 1. The van der Waals surface area contributed by atoms with Crippen molar-refractivity contribution >= 4 is 17.2 Å². The number of nitrogens with one attached hydrogen (secondary N) is 2. The van der Waals surface area contributed by atoms with Gasteiger partial charge < -0.3 is 15.4 Å². The Kier molecular flexibility index (Phi) is 7.37. The molecule has 0 fully saturated rings. The predicted molar refractivity (Wildman–Crippen MR) is 134 cm³/mol. The van der Waals surface area contributed by atoms with Gasteiger partial charge in [0.15, 0.2) is 5.65 Å². The van der Waals surface area contributed by atoms with Crippen LogP contribution in [0.3, 0.4) is 0 Å². The number of amides is 1. The fourth-order valence-electron chi connectivity index (χ4n) is 3.94. The summed E-state index contributed by atoms with van der Waals surface area (Å²) >= 11 is 0. The van der Waals surface area contributed by atoms with Crippen LogP contribution in [0.1, 0.15) is 34.8 Å². The lowest BCUT2D eigenvalue weighted by atomic mass is 10.0. The Morgan fingerprint density at radius 1 is 1.08 bits per heavy atom. The highest BCUT2D eigenvalue weighted by atomic mass is 19.4. The molecule has 0 atom stereocenters. The molecule has 2 aromatic heterocycles. The molecule has 10 heteroatoms. The van der Waals surface area contributed by atoms with Crippen molar-refractivity contribution in [2.75, 3.05) is 18.4 Å². The molecule has 194 valence electrons. The summed E-state index contributed by atoms with van der Waals surface area (Å²) in [6, 6.07) is 11.0. The van der Waals surface area contributed by atoms with Crippen LogP contribution in [-0.2, 0) is 0 Å². The largest absolute Gasteiger partial charge is 0.455 e. The van der Waals surface area contributed by atoms with Crippen LogP contribution >= 0.6 is 0 Å². The third-order valence-corrected chi connectivity index (χ3v) is 5.79. The van der Waals surface area contributed by atoms with Gasteiger partial charge in [-0.25, -0.2) is 9.37 Å². The summed E-state index contributed by atoms with van der Waals surface area (Å²) in [5.41, 5.74) is 4.10. The number of hydrogen-bond acceptors (Lipinski definition) is 4. The summed E-state index contributed by atoms with van der Waals surface area (Å²) in [7, 11) is 0. The first kappa shape index (κ1) is 26.0. The van der Waals surface area contributed by atoms with Crippen LogP contribution in [0.2, 0.25) is 0 Å². The summed E-state index contributed by atoms with van der Waals surface area (Å²) in [5.74, 6) is -0.0896.